The van der Waals surface area contributed by atoms with Gasteiger partial charge in [-0.2, -0.15) is 0 Å². The van der Waals surface area contributed by atoms with E-state index < -0.39 is 18.4 Å². The number of ether oxygens (including phenoxy) is 1. The van der Waals surface area contributed by atoms with Gasteiger partial charge in [0.2, 0.25) is 0 Å². The second kappa shape index (κ2) is 3.54. The van der Waals surface area contributed by atoms with Crippen molar-refractivity contribution in [1.82, 2.24) is 0 Å². The third-order valence-electron chi connectivity index (χ3n) is 1.58. The minimum absolute atomic E-state index is 0.235. The van der Waals surface area contributed by atoms with Gasteiger partial charge in [0.05, 0.1) is 18.8 Å². The molecule has 0 aliphatic carbocycles. The molecule has 0 radical (unpaired) electrons. The molecule has 1 rings (SSSR count). The quantitative estimate of drug-likeness (QED) is 0.330. The highest BCUT2D eigenvalue weighted by Crippen LogP contribution is 2.21. The van der Waals surface area contributed by atoms with Crippen LogP contribution >= 0.6 is 0 Å². The van der Waals surface area contributed by atoms with Gasteiger partial charge in [-0.1, -0.05) is 5.11 Å². The Hall–Kier alpha value is -0.810. The average Bonchev–Trinajstić information content (AvgIpc) is 2.32. The number of nitrogens with zero attached hydrogens (tertiary/aromatic N) is 3. The molecule has 0 amide bonds. The van der Waals surface area contributed by atoms with Gasteiger partial charge in [-0.15, -0.1) is 0 Å². The van der Waals surface area contributed by atoms with E-state index in [9.17, 15) is 0 Å². The van der Waals surface area contributed by atoms with Crippen molar-refractivity contribution in [3.05, 3.63) is 10.4 Å². The molecule has 1 fully saturated rings. The second-order valence-corrected chi connectivity index (χ2v) is 2.32. The average molecular weight is 159 g/mol. The Balaban J connectivity index is 2.56. The molecule has 2 N–H and O–H groups in total. The Kier molecular flexibility index (Phi) is 2.67. The largest absolute Gasteiger partial charge is 0.394 e. The number of rotatable bonds is 2. The zero-order valence-electron chi connectivity index (χ0n) is 5.79. The van der Waals surface area contributed by atoms with Crippen LogP contribution in [0.2, 0.25) is 0 Å². The molecule has 0 aromatic rings. The van der Waals surface area contributed by atoms with E-state index in [1.165, 1.54) is 0 Å². The maximum Gasteiger partial charge on any atom is 0.155 e. The smallest absolute Gasteiger partial charge is 0.155 e. The van der Waals surface area contributed by atoms with Crippen molar-refractivity contribution >= 4 is 0 Å². The van der Waals surface area contributed by atoms with Crippen molar-refractivity contribution in [2.24, 2.45) is 5.11 Å². The van der Waals surface area contributed by atoms with Crippen LogP contribution in [0.3, 0.4) is 0 Å². The van der Waals surface area contributed by atoms with Crippen LogP contribution in [-0.4, -0.2) is 35.3 Å². The van der Waals surface area contributed by atoms with Crippen LogP contribution in [0.15, 0.2) is 5.11 Å². The number of hydrogen-bond acceptors (Lipinski definition) is 4. The normalized spacial score (nSPS) is 36.7. The van der Waals surface area contributed by atoms with Gasteiger partial charge in [0, 0.05) is 11.3 Å². The SMILES string of the molecule is [N-]=[N+]=N[C@H]1C[C@H](O)O[C@@H]1CO. The van der Waals surface area contributed by atoms with Gasteiger partial charge in [0.15, 0.2) is 6.29 Å². The van der Waals surface area contributed by atoms with Crippen molar-refractivity contribution in [1.29, 1.82) is 0 Å². The predicted molar refractivity (Wildman–Crippen MR) is 35.5 cm³/mol. The summed E-state index contributed by atoms with van der Waals surface area (Å²) in [7, 11) is 0. The van der Waals surface area contributed by atoms with Crippen molar-refractivity contribution in [3.63, 3.8) is 0 Å². The summed E-state index contributed by atoms with van der Waals surface area (Å²) < 4.78 is 4.82. The molecule has 0 unspecified atom stereocenters. The van der Waals surface area contributed by atoms with Crippen molar-refractivity contribution in [3.8, 4) is 0 Å². The summed E-state index contributed by atoms with van der Waals surface area (Å²) in [4.78, 5) is 2.57. The van der Waals surface area contributed by atoms with Crippen molar-refractivity contribution < 1.29 is 14.9 Å². The highest BCUT2D eigenvalue weighted by molar-refractivity contribution is 4.83. The lowest BCUT2D eigenvalue weighted by Gasteiger charge is -2.08. The fraction of sp³-hybridized carbons (Fsp3) is 1.00. The third-order valence-corrected chi connectivity index (χ3v) is 1.58. The molecule has 0 aromatic heterocycles. The lowest BCUT2D eigenvalue weighted by atomic mass is 10.1. The minimum atomic E-state index is -0.914. The van der Waals surface area contributed by atoms with E-state index in [0.717, 1.165) is 0 Å². The topological polar surface area (TPSA) is 98.5 Å². The molecular weight excluding hydrogens is 150 g/mol. The summed E-state index contributed by atoms with van der Waals surface area (Å²) in [5, 5.41) is 20.9. The van der Waals surface area contributed by atoms with Gasteiger partial charge >= 0.3 is 0 Å². The first-order valence-electron chi connectivity index (χ1n) is 3.26. The Morgan fingerprint density at radius 3 is 3.00 bits per heavy atom. The van der Waals surface area contributed by atoms with E-state index in [1.807, 2.05) is 0 Å². The Morgan fingerprint density at radius 1 is 1.73 bits per heavy atom. The molecule has 6 heteroatoms. The van der Waals surface area contributed by atoms with Crippen LogP contribution < -0.4 is 0 Å². The summed E-state index contributed by atoms with van der Waals surface area (Å²) in [6.07, 6.45) is -1.21. The van der Waals surface area contributed by atoms with E-state index >= 15 is 0 Å². The number of aliphatic hydroxyl groups is 2. The molecule has 1 aliphatic heterocycles. The lowest BCUT2D eigenvalue weighted by Crippen LogP contribution is -2.23. The minimum Gasteiger partial charge on any atom is -0.394 e. The van der Waals surface area contributed by atoms with Crippen LogP contribution in [0.4, 0.5) is 0 Å². The Labute approximate surface area is 63.0 Å². The van der Waals surface area contributed by atoms with E-state index in [-0.39, 0.29) is 13.0 Å². The fourth-order valence-electron chi connectivity index (χ4n) is 1.06. The molecule has 1 saturated heterocycles. The first-order valence-corrected chi connectivity index (χ1v) is 3.26. The molecule has 0 aromatic carbocycles. The van der Waals surface area contributed by atoms with Gasteiger partial charge in [0.25, 0.3) is 0 Å². The Bertz CT molecular complexity index is 180. The summed E-state index contributed by atoms with van der Waals surface area (Å²) in [5.41, 5.74) is 8.07. The molecule has 0 spiro atoms. The van der Waals surface area contributed by atoms with Crippen LogP contribution in [0, 0.1) is 0 Å². The maximum absolute atomic E-state index is 8.91. The zero-order chi connectivity index (χ0) is 8.27. The molecule has 3 atom stereocenters. The summed E-state index contributed by atoms with van der Waals surface area (Å²) >= 11 is 0. The van der Waals surface area contributed by atoms with Crippen molar-refractivity contribution in [2.75, 3.05) is 6.61 Å². The molecule has 0 bridgehead atoms. The highest BCUT2D eigenvalue weighted by Gasteiger charge is 2.32. The Morgan fingerprint density at radius 2 is 2.45 bits per heavy atom. The van der Waals surface area contributed by atoms with Crippen molar-refractivity contribution in [2.45, 2.75) is 24.9 Å². The van der Waals surface area contributed by atoms with Crippen LogP contribution in [0.25, 0.3) is 10.4 Å². The van der Waals surface area contributed by atoms with Crippen LogP contribution in [0.1, 0.15) is 6.42 Å². The van der Waals surface area contributed by atoms with E-state index in [4.69, 9.17) is 20.5 Å². The zero-order valence-corrected chi connectivity index (χ0v) is 5.79. The summed E-state index contributed by atoms with van der Waals surface area (Å²) in [6.45, 7) is -0.235. The van der Waals surface area contributed by atoms with Gasteiger partial charge in [-0.05, 0) is 5.53 Å². The summed E-state index contributed by atoms with van der Waals surface area (Å²) in [6, 6.07) is -0.444. The van der Waals surface area contributed by atoms with E-state index in [0.29, 0.717) is 0 Å². The number of aliphatic hydroxyl groups excluding tert-OH is 2. The fourth-order valence-corrected chi connectivity index (χ4v) is 1.06. The molecular formula is C5H9N3O3. The first-order chi connectivity index (χ1) is 5.27. The molecule has 6 nitrogen and oxygen atoms in total. The monoisotopic (exact) mass is 159 g/mol. The standard InChI is InChI=1S/C5H9N3O3/c6-8-7-3-1-5(10)11-4(3)2-9/h3-5,9-10H,1-2H2/t3-,4+,5+/m0/s1. The third kappa shape index (κ3) is 1.81. The van der Waals surface area contributed by atoms with Gasteiger partial charge in [-0.3, -0.25) is 0 Å². The van der Waals surface area contributed by atoms with E-state index in [2.05, 4.69) is 10.0 Å². The summed E-state index contributed by atoms with van der Waals surface area (Å²) in [5.74, 6) is 0. The molecule has 1 aliphatic rings. The molecule has 11 heavy (non-hydrogen) atoms. The van der Waals surface area contributed by atoms with Crippen LogP contribution in [0.5, 0.6) is 0 Å². The maximum atomic E-state index is 8.91. The van der Waals surface area contributed by atoms with Crippen LogP contribution in [-0.2, 0) is 4.74 Å². The van der Waals surface area contributed by atoms with Gasteiger partial charge in [0.1, 0.15) is 0 Å². The number of hydrogen-bond donors (Lipinski definition) is 2. The number of azide groups is 1. The van der Waals surface area contributed by atoms with Gasteiger partial charge < -0.3 is 14.9 Å². The highest BCUT2D eigenvalue weighted by atomic mass is 16.6. The van der Waals surface area contributed by atoms with E-state index in [1.54, 1.807) is 0 Å². The lowest BCUT2D eigenvalue weighted by molar-refractivity contribution is -0.102. The second-order valence-electron chi connectivity index (χ2n) is 2.32. The molecule has 1 heterocycles. The first kappa shape index (κ1) is 8.29. The molecule has 62 valence electrons. The predicted octanol–water partition coefficient (Wildman–Crippen LogP) is -0.235. The van der Waals surface area contributed by atoms with Gasteiger partial charge in [-0.25, -0.2) is 0 Å². The molecule has 0 saturated carbocycles.